The molecule has 0 fully saturated rings. The van der Waals surface area contributed by atoms with Crippen LogP contribution < -0.4 is 9.64 Å². The van der Waals surface area contributed by atoms with Gasteiger partial charge in [-0.3, -0.25) is 9.78 Å². The lowest BCUT2D eigenvalue weighted by Gasteiger charge is -2.26. The fraction of sp³-hybridized carbons (Fsp3) is 0.333. The average Bonchev–Trinajstić information content (AvgIpc) is 2.95. The van der Waals surface area contributed by atoms with Gasteiger partial charge in [0.15, 0.2) is 0 Å². The molecule has 1 aromatic carbocycles. The molecule has 2 heterocycles. The van der Waals surface area contributed by atoms with E-state index in [1.165, 1.54) is 5.56 Å². The van der Waals surface area contributed by atoms with Gasteiger partial charge in [0.2, 0.25) is 5.91 Å². The molecule has 4 nitrogen and oxygen atoms in total. The first-order valence-electron chi connectivity index (χ1n) is 7.62. The Morgan fingerprint density at radius 2 is 2.23 bits per heavy atom. The van der Waals surface area contributed by atoms with E-state index in [1.807, 2.05) is 38.1 Å². The quantitative estimate of drug-likeness (QED) is 0.871. The number of carbonyl (C=O) groups excluding carboxylic acids is 1. The van der Waals surface area contributed by atoms with E-state index in [4.69, 9.17) is 4.74 Å². The van der Waals surface area contributed by atoms with Crippen molar-refractivity contribution in [2.45, 2.75) is 32.7 Å². The first-order valence-corrected chi connectivity index (χ1v) is 7.62. The van der Waals surface area contributed by atoms with Crippen LogP contribution in [0.25, 0.3) is 0 Å². The predicted octanol–water partition coefficient (Wildman–Crippen LogP) is 3.00. The zero-order valence-corrected chi connectivity index (χ0v) is 13.0. The predicted molar refractivity (Wildman–Crippen MR) is 86.2 cm³/mol. The van der Waals surface area contributed by atoms with Crippen molar-refractivity contribution in [3.05, 3.63) is 53.9 Å². The van der Waals surface area contributed by atoms with E-state index in [1.54, 1.807) is 17.3 Å². The first kappa shape index (κ1) is 14.6. The molecule has 114 valence electrons. The van der Waals surface area contributed by atoms with Gasteiger partial charge in [0.1, 0.15) is 5.75 Å². The van der Waals surface area contributed by atoms with Crippen LogP contribution in [0.15, 0.2) is 42.7 Å². The molecule has 0 bridgehead atoms. The Labute approximate surface area is 130 Å². The summed E-state index contributed by atoms with van der Waals surface area (Å²) >= 11 is 0. The normalized spacial score (nSPS) is 12.9. The second-order valence-electron chi connectivity index (χ2n) is 5.79. The van der Waals surface area contributed by atoms with Crippen molar-refractivity contribution in [3.8, 4) is 5.75 Å². The van der Waals surface area contributed by atoms with Gasteiger partial charge in [0, 0.05) is 18.7 Å². The van der Waals surface area contributed by atoms with Crippen molar-refractivity contribution in [2.75, 3.05) is 11.5 Å². The maximum Gasteiger partial charge on any atom is 0.231 e. The van der Waals surface area contributed by atoms with E-state index in [-0.39, 0.29) is 11.9 Å². The molecule has 1 aliphatic heterocycles. The second-order valence-corrected chi connectivity index (χ2v) is 5.79. The number of benzene rings is 1. The summed E-state index contributed by atoms with van der Waals surface area (Å²) in [6.45, 7) is 4.77. The Balaban J connectivity index is 1.80. The van der Waals surface area contributed by atoms with E-state index in [9.17, 15) is 4.79 Å². The van der Waals surface area contributed by atoms with E-state index in [0.717, 1.165) is 30.0 Å². The third kappa shape index (κ3) is 2.96. The van der Waals surface area contributed by atoms with Crippen molar-refractivity contribution < 1.29 is 9.53 Å². The molecule has 22 heavy (non-hydrogen) atoms. The lowest BCUT2D eigenvalue weighted by Crippen LogP contribution is -2.38. The number of nitrogens with zero attached hydrogens (tertiary/aromatic N) is 2. The number of amides is 1. The summed E-state index contributed by atoms with van der Waals surface area (Å²) in [5.41, 5.74) is 3.07. The van der Waals surface area contributed by atoms with E-state index in [2.05, 4.69) is 11.1 Å². The number of anilines is 1. The Morgan fingerprint density at radius 3 is 2.95 bits per heavy atom. The molecular formula is C18H20N2O2. The van der Waals surface area contributed by atoms with E-state index in [0.29, 0.717) is 6.42 Å². The minimum atomic E-state index is 0.0851. The van der Waals surface area contributed by atoms with Gasteiger partial charge in [0.25, 0.3) is 0 Å². The highest BCUT2D eigenvalue weighted by Crippen LogP contribution is 2.26. The summed E-state index contributed by atoms with van der Waals surface area (Å²) < 4.78 is 5.51. The van der Waals surface area contributed by atoms with Gasteiger partial charge in [-0.05, 0) is 43.2 Å². The third-order valence-corrected chi connectivity index (χ3v) is 3.82. The largest absolute Gasteiger partial charge is 0.493 e. The van der Waals surface area contributed by atoms with Gasteiger partial charge < -0.3 is 9.64 Å². The molecule has 1 aromatic heterocycles. The summed E-state index contributed by atoms with van der Waals surface area (Å²) in [4.78, 5) is 18.6. The van der Waals surface area contributed by atoms with Crippen LogP contribution in [-0.2, 0) is 17.6 Å². The minimum Gasteiger partial charge on any atom is -0.493 e. The molecule has 0 atom stereocenters. The summed E-state index contributed by atoms with van der Waals surface area (Å²) in [7, 11) is 0. The zero-order valence-electron chi connectivity index (χ0n) is 13.0. The molecule has 0 saturated heterocycles. The van der Waals surface area contributed by atoms with Gasteiger partial charge in [-0.15, -0.1) is 0 Å². The van der Waals surface area contributed by atoms with E-state index >= 15 is 0 Å². The van der Waals surface area contributed by atoms with Crippen molar-refractivity contribution >= 4 is 11.6 Å². The number of ether oxygens (including phenoxy) is 1. The van der Waals surface area contributed by atoms with Crippen LogP contribution in [0.4, 0.5) is 5.69 Å². The maximum absolute atomic E-state index is 12.7. The standard InChI is InChI=1S/C18H20N2O2/c1-13(2)20(16-4-3-8-19-12-16)18(21)11-14-5-6-17-15(10-14)7-9-22-17/h3-6,8,10,12-13H,7,9,11H2,1-2H3. The Bertz CT molecular complexity index is 668. The van der Waals surface area contributed by atoms with Crippen molar-refractivity contribution in [2.24, 2.45) is 0 Å². The highest BCUT2D eigenvalue weighted by atomic mass is 16.5. The molecule has 2 aromatic rings. The molecule has 0 radical (unpaired) electrons. The summed E-state index contributed by atoms with van der Waals surface area (Å²) in [5.74, 6) is 1.03. The number of hydrogen-bond acceptors (Lipinski definition) is 3. The van der Waals surface area contributed by atoms with Crippen LogP contribution in [-0.4, -0.2) is 23.5 Å². The van der Waals surface area contributed by atoms with E-state index < -0.39 is 0 Å². The SMILES string of the molecule is CC(C)N(C(=O)Cc1ccc2c(c1)CCO2)c1cccnc1. The van der Waals surface area contributed by atoms with Crippen molar-refractivity contribution in [1.82, 2.24) is 4.98 Å². The highest BCUT2D eigenvalue weighted by molar-refractivity contribution is 5.95. The third-order valence-electron chi connectivity index (χ3n) is 3.82. The van der Waals surface area contributed by atoms with Gasteiger partial charge in [-0.2, -0.15) is 0 Å². The number of carbonyl (C=O) groups is 1. The molecule has 1 aliphatic rings. The Morgan fingerprint density at radius 1 is 1.36 bits per heavy atom. The van der Waals surface area contributed by atoms with Crippen LogP contribution in [0.1, 0.15) is 25.0 Å². The molecule has 0 saturated carbocycles. The molecule has 4 heteroatoms. The van der Waals surface area contributed by atoms with Crippen molar-refractivity contribution in [3.63, 3.8) is 0 Å². The van der Waals surface area contributed by atoms with Gasteiger partial charge in [-0.1, -0.05) is 12.1 Å². The second kappa shape index (κ2) is 6.18. The smallest absolute Gasteiger partial charge is 0.231 e. The molecule has 0 spiro atoms. The van der Waals surface area contributed by atoms with Gasteiger partial charge >= 0.3 is 0 Å². The molecule has 0 N–H and O–H groups in total. The summed E-state index contributed by atoms with van der Waals surface area (Å²) in [6, 6.07) is 9.89. The number of hydrogen-bond donors (Lipinski definition) is 0. The highest BCUT2D eigenvalue weighted by Gasteiger charge is 2.20. The number of rotatable bonds is 4. The molecule has 0 unspecified atom stereocenters. The molecule has 0 aliphatic carbocycles. The Kier molecular flexibility index (Phi) is 4.09. The topological polar surface area (TPSA) is 42.4 Å². The number of aromatic nitrogens is 1. The minimum absolute atomic E-state index is 0.0851. The van der Waals surface area contributed by atoms with Crippen LogP contribution in [0, 0.1) is 0 Å². The summed E-state index contributed by atoms with van der Waals surface area (Å²) in [5, 5.41) is 0. The lowest BCUT2D eigenvalue weighted by atomic mass is 10.1. The molecule has 3 rings (SSSR count). The number of pyridine rings is 1. The average molecular weight is 296 g/mol. The molecular weight excluding hydrogens is 276 g/mol. The fourth-order valence-corrected chi connectivity index (χ4v) is 2.84. The first-order chi connectivity index (χ1) is 10.6. The molecule has 1 amide bonds. The summed E-state index contributed by atoms with van der Waals surface area (Å²) in [6.07, 6.45) is 4.76. The van der Waals surface area contributed by atoms with Crippen LogP contribution >= 0.6 is 0 Å². The van der Waals surface area contributed by atoms with Crippen LogP contribution in [0.5, 0.6) is 5.75 Å². The monoisotopic (exact) mass is 296 g/mol. The van der Waals surface area contributed by atoms with Crippen LogP contribution in [0.3, 0.4) is 0 Å². The van der Waals surface area contributed by atoms with Crippen LogP contribution in [0.2, 0.25) is 0 Å². The van der Waals surface area contributed by atoms with Crippen molar-refractivity contribution in [1.29, 1.82) is 0 Å². The van der Waals surface area contributed by atoms with Gasteiger partial charge in [0.05, 0.1) is 24.9 Å². The zero-order chi connectivity index (χ0) is 15.5. The Hall–Kier alpha value is -2.36. The van der Waals surface area contributed by atoms with Gasteiger partial charge in [-0.25, -0.2) is 0 Å². The maximum atomic E-state index is 12.7. The fourth-order valence-electron chi connectivity index (χ4n) is 2.84. The lowest BCUT2D eigenvalue weighted by molar-refractivity contribution is -0.118. The number of fused-ring (bicyclic) bond motifs is 1.